The summed E-state index contributed by atoms with van der Waals surface area (Å²) in [5.41, 5.74) is -6.30. The maximum absolute atomic E-state index is 15.0. The van der Waals surface area contributed by atoms with Crippen LogP contribution >= 0.6 is 0 Å². The van der Waals surface area contributed by atoms with E-state index in [1.54, 1.807) is 30.3 Å². The Morgan fingerprint density at radius 1 is 0.689 bits per heavy atom. The molecule has 0 spiro atoms. The van der Waals surface area contributed by atoms with Crippen LogP contribution in [0.25, 0.3) is 0 Å². The van der Waals surface area contributed by atoms with Crippen molar-refractivity contribution in [3.8, 4) is 5.75 Å². The van der Waals surface area contributed by atoms with Crippen LogP contribution in [-0.4, -0.2) is 41.6 Å². The first-order chi connectivity index (χ1) is 21.1. The second kappa shape index (κ2) is 13.1. The molecule has 4 aromatic carbocycles. The van der Waals surface area contributed by atoms with Crippen molar-refractivity contribution in [2.75, 3.05) is 6.54 Å². The summed E-state index contributed by atoms with van der Waals surface area (Å²) in [6.45, 7) is -1.06. The molecule has 2 unspecified atom stereocenters. The Bertz CT molecular complexity index is 1550. The van der Waals surface area contributed by atoms with Crippen LogP contribution in [-0.2, 0) is 17.6 Å². The molecular formula is C32H26F9NO3. The molecule has 0 bridgehead atoms. The first kappa shape index (κ1) is 33.8. The number of rotatable bonds is 12. The van der Waals surface area contributed by atoms with Crippen LogP contribution in [0.2, 0.25) is 0 Å². The van der Waals surface area contributed by atoms with E-state index < -0.39 is 65.4 Å². The van der Waals surface area contributed by atoms with Gasteiger partial charge in [0.25, 0.3) is 0 Å². The zero-order chi connectivity index (χ0) is 33.0. The Kier molecular flexibility index (Phi) is 9.85. The first-order valence-corrected chi connectivity index (χ1v) is 13.3. The Balaban J connectivity index is 1.90. The Labute approximate surface area is 251 Å². The van der Waals surface area contributed by atoms with Crippen LogP contribution in [0.3, 0.4) is 0 Å². The highest BCUT2D eigenvalue weighted by Gasteiger charge is 2.60. The number of hydrogen-bond donors (Lipinski definition) is 3. The Morgan fingerprint density at radius 2 is 1.27 bits per heavy atom. The molecule has 0 aliphatic heterocycles. The van der Waals surface area contributed by atoms with Crippen LogP contribution in [0.15, 0.2) is 103 Å². The molecule has 0 fully saturated rings. The number of aliphatic hydroxyl groups is 2. The van der Waals surface area contributed by atoms with Crippen molar-refractivity contribution < 1.29 is 54.5 Å². The maximum atomic E-state index is 15.0. The molecule has 3 N–H and O–H groups in total. The van der Waals surface area contributed by atoms with Gasteiger partial charge in [0.05, 0.1) is 5.54 Å². The van der Waals surface area contributed by atoms with E-state index in [4.69, 9.17) is 0 Å². The van der Waals surface area contributed by atoms with Gasteiger partial charge in [0.1, 0.15) is 23.5 Å². The average molecular weight is 644 g/mol. The minimum Gasteiger partial charge on any atom is -0.428 e. The van der Waals surface area contributed by atoms with Gasteiger partial charge in [-0.2, -0.15) is 30.7 Å². The van der Waals surface area contributed by atoms with Gasteiger partial charge in [-0.25, -0.2) is 8.78 Å². The van der Waals surface area contributed by atoms with Gasteiger partial charge in [-0.05, 0) is 52.9 Å². The summed E-state index contributed by atoms with van der Waals surface area (Å²) in [7, 11) is 0. The SMILES string of the molecule is OC(CN[C@](Cc1ccccc1)(c1ccc(F)cc1)c1cc(F)cc(OC(F)(F)C(F)F)c1)C(O)(c1ccccc1)C(F)(F)F. The van der Waals surface area contributed by atoms with E-state index in [9.17, 15) is 49.7 Å². The lowest BCUT2D eigenvalue weighted by Gasteiger charge is -2.41. The second-order valence-corrected chi connectivity index (χ2v) is 10.2. The molecule has 0 radical (unpaired) electrons. The van der Waals surface area contributed by atoms with Crippen molar-refractivity contribution in [2.45, 2.75) is 42.4 Å². The van der Waals surface area contributed by atoms with E-state index in [0.717, 1.165) is 36.4 Å². The van der Waals surface area contributed by atoms with Gasteiger partial charge >= 0.3 is 18.7 Å². The minimum atomic E-state index is -5.41. The molecule has 0 amide bonds. The molecule has 0 aliphatic rings. The lowest BCUT2D eigenvalue weighted by Crippen LogP contribution is -2.58. The van der Waals surface area contributed by atoms with E-state index in [2.05, 4.69) is 10.1 Å². The number of benzene rings is 4. The number of aliphatic hydroxyl groups excluding tert-OH is 1. The fraction of sp³-hybridized carbons (Fsp3) is 0.250. The number of ether oxygens (including phenoxy) is 1. The van der Waals surface area contributed by atoms with Crippen LogP contribution in [0.1, 0.15) is 22.3 Å². The van der Waals surface area contributed by atoms with Gasteiger partial charge in [-0.1, -0.05) is 72.8 Å². The topological polar surface area (TPSA) is 61.7 Å². The quantitative estimate of drug-likeness (QED) is 0.144. The molecular weight excluding hydrogens is 617 g/mol. The summed E-state index contributed by atoms with van der Waals surface area (Å²) >= 11 is 0. The van der Waals surface area contributed by atoms with Gasteiger partial charge < -0.3 is 20.3 Å². The number of nitrogens with one attached hydrogen (secondary N) is 1. The summed E-state index contributed by atoms with van der Waals surface area (Å²) in [6, 6.07) is 20.0. The average Bonchev–Trinajstić information content (AvgIpc) is 2.99. The van der Waals surface area contributed by atoms with Crippen molar-refractivity contribution in [3.05, 3.63) is 137 Å². The molecule has 0 aromatic heterocycles. The standard InChI is InChI=1S/C32H26F9NO3/c33-24-13-11-21(12-14-24)29(18-20-7-3-1-4-8-20,23-15-25(34)17-26(16-23)45-31(37,38)28(35)36)42-19-27(43)30(44,32(39,40)41)22-9-5-2-6-10-22/h1-17,27-28,42-44H,18-19H2/t27?,29-,30?/m1/s1. The van der Waals surface area contributed by atoms with E-state index in [1.165, 1.54) is 30.3 Å². The summed E-state index contributed by atoms with van der Waals surface area (Å²) in [5, 5.41) is 24.6. The van der Waals surface area contributed by atoms with Crippen molar-refractivity contribution in [1.29, 1.82) is 0 Å². The lowest BCUT2D eigenvalue weighted by molar-refractivity contribution is -0.297. The van der Waals surface area contributed by atoms with Crippen molar-refractivity contribution in [2.24, 2.45) is 0 Å². The largest absolute Gasteiger partial charge is 0.461 e. The zero-order valence-corrected chi connectivity index (χ0v) is 23.1. The zero-order valence-electron chi connectivity index (χ0n) is 23.1. The van der Waals surface area contributed by atoms with Gasteiger partial charge in [0, 0.05) is 12.6 Å². The van der Waals surface area contributed by atoms with Crippen LogP contribution < -0.4 is 10.1 Å². The Hall–Kier alpha value is -4.07. The predicted molar refractivity (Wildman–Crippen MR) is 146 cm³/mol. The summed E-state index contributed by atoms with van der Waals surface area (Å²) < 4.78 is 130. The highest BCUT2D eigenvalue weighted by molar-refractivity contribution is 5.45. The molecule has 0 saturated heterocycles. The smallest absolute Gasteiger partial charge is 0.428 e. The molecule has 0 heterocycles. The van der Waals surface area contributed by atoms with Gasteiger partial charge in [-0.15, -0.1) is 0 Å². The molecule has 4 nitrogen and oxygen atoms in total. The molecule has 4 rings (SSSR count). The van der Waals surface area contributed by atoms with Crippen LogP contribution in [0, 0.1) is 11.6 Å². The van der Waals surface area contributed by atoms with E-state index >= 15 is 0 Å². The van der Waals surface area contributed by atoms with Gasteiger partial charge in [-0.3, -0.25) is 0 Å². The van der Waals surface area contributed by atoms with Crippen molar-refractivity contribution in [1.82, 2.24) is 5.32 Å². The molecule has 240 valence electrons. The van der Waals surface area contributed by atoms with Crippen molar-refractivity contribution >= 4 is 0 Å². The number of hydrogen-bond acceptors (Lipinski definition) is 4. The molecule has 13 heteroatoms. The van der Waals surface area contributed by atoms with E-state index in [0.29, 0.717) is 11.6 Å². The molecule has 0 saturated carbocycles. The predicted octanol–water partition coefficient (Wildman–Crippen LogP) is 7.09. The number of halogens is 9. The lowest BCUT2D eigenvalue weighted by atomic mass is 9.77. The molecule has 0 aliphatic carbocycles. The summed E-state index contributed by atoms with van der Waals surface area (Å²) in [5.74, 6) is -3.03. The summed E-state index contributed by atoms with van der Waals surface area (Å²) in [6.07, 6.45) is -17.6. The Morgan fingerprint density at radius 3 is 1.82 bits per heavy atom. The van der Waals surface area contributed by atoms with Gasteiger partial charge in [0.15, 0.2) is 0 Å². The summed E-state index contributed by atoms with van der Waals surface area (Å²) in [4.78, 5) is 0. The van der Waals surface area contributed by atoms with Crippen LogP contribution in [0.5, 0.6) is 5.75 Å². The normalized spacial score (nSPS) is 15.7. The third kappa shape index (κ3) is 7.26. The molecule has 3 atom stereocenters. The molecule has 45 heavy (non-hydrogen) atoms. The highest BCUT2D eigenvalue weighted by Crippen LogP contribution is 2.43. The third-order valence-corrected chi connectivity index (χ3v) is 7.25. The second-order valence-electron chi connectivity index (χ2n) is 10.2. The first-order valence-electron chi connectivity index (χ1n) is 13.3. The fourth-order valence-electron chi connectivity index (χ4n) is 5.00. The van der Waals surface area contributed by atoms with Gasteiger partial charge in [0.2, 0.25) is 5.60 Å². The fourth-order valence-corrected chi connectivity index (χ4v) is 5.00. The monoisotopic (exact) mass is 643 g/mol. The van der Waals surface area contributed by atoms with E-state index in [-0.39, 0.29) is 17.5 Å². The van der Waals surface area contributed by atoms with Crippen LogP contribution in [0.4, 0.5) is 39.5 Å². The molecule has 4 aromatic rings. The third-order valence-electron chi connectivity index (χ3n) is 7.25. The van der Waals surface area contributed by atoms with E-state index in [1.807, 2.05) is 0 Å². The maximum Gasteiger partial charge on any atom is 0.461 e. The minimum absolute atomic E-state index is 0.0485. The van der Waals surface area contributed by atoms with Crippen molar-refractivity contribution in [3.63, 3.8) is 0 Å². The highest BCUT2D eigenvalue weighted by atomic mass is 19.4. The number of alkyl halides is 7.